The summed E-state index contributed by atoms with van der Waals surface area (Å²) in [7, 11) is -5.65. The van der Waals surface area contributed by atoms with Crippen molar-refractivity contribution in [2.45, 2.75) is 109 Å². The van der Waals surface area contributed by atoms with Crippen molar-refractivity contribution in [1.29, 1.82) is 0 Å². The van der Waals surface area contributed by atoms with Crippen molar-refractivity contribution in [3.05, 3.63) is 46.0 Å². The molecule has 0 bridgehead atoms. The Hall–Kier alpha value is -0.172. The van der Waals surface area contributed by atoms with Crippen molar-refractivity contribution < 1.29 is 0 Å². The van der Waals surface area contributed by atoms with Crippen LogP contribution >= 0.6 is 0 Å². The normalized spacial score (nSPS) is 21.9. The standard InChI is InChI=1S/C25H48Si4/c1-19(2)29(20(3)4,22-15-14-21(16-22)26(5,6)7)23-17-24(27(8,9)10)25(18-23)28(11,12)13/h14-20,22-23H,1-13H3. The number of allylic oxidation sites excluding steroid dienone is 8. The molecule has 0 N–H and O–H groups in total. The number of hydrogen-bond acceptors (Lipinski definition) is 0. The summed E-state index contributed by atoms with van der Waals surface area (Å²) in [5.41, 5.74) is 2.93. The van der Waals surface area contributed by atoms with Crippen molar-refractivity contribution in [2.24, 2.45) is 0 Å². The molecule has 0 nitrogen and oxygen atoms in total. The highest BCUT2D eigenvalue weighted by Gasteiger charge is 2.52. The van der Waals surface area contributed by atoms with Crippen LogP contribution in [0.2, 0.25) is 81.1 Å². The molecule has 0 aromatic rings. The lowest BCUT2D eigenvalue weighted by Gasteiger charge is -2.47. The van der Waals surface area contributed by atoms with Crippen LogP contribution < -0.4 is 0 Å². The third-order valence-corrected chi connectivity index (χ3v) is 20.9. The van der Waals surface area contributed by atoms with E-state index in [-0.39, 0.29) is 0 Å². The summed E-state index contributed by atoms with van der Waals surface area (Å²) < 4.78 is 0. The minimum atomic E-state index is -1.70. The highest BCUT2D eigenvalue weighted by molar-refractivity contribution is 6.94. The highest BCUT2D eigenvalue weighted by atomic mass is 28.3. The topological polar surface area (TPSA) is 0 Å². The van der Waals surface area contributed by atoms with Crippen LogP contribution in [0.4, 0.5) is 0 Å². The summed E-state index contributed by atoms with van der Waals surface area (Å²) in [4.78, 5) is 0. The van der Waals surface area contributed by atoms with Crippen LogP contribution in [0.3, 0.4) is 0 Å². The van der Waals surface area contributed by atoms with Crippen LogP contribution in [-0.4, -0.2) is 32.3 Å². The fraction of sp³-hybridized carbons (Fsp3) is 0.680. The zero-order valence-corrected chi connectivity index (χ0v) is 25.7. The van der Waals surface area contributed by atoms with Crippen molar-refractivity contribution in [2.75, 3.05) is 0 Å². The molecule has 2 aliphatic carbocycles. The van der Waals surface area contributed by atoms with E-state index in [0.717, 1.165) is 11.1 Å². The lowest BCUT2D eigenvalue weighted by atomic mass is 10.4. The number of rotatable bonds is 7. The second-order valence-corrected chi connectivity index (χ2v) is 34.1. The van der Waals surface area contributed by atoms with Gasteiger partial charge >= 0.3 is 0 Å². The largest absolute Gasteiger partial charge is 0.0811 e. The van der Waals surface area contributed by atoms with Crippen molar-refractivity contribution in [1.82, 2.24) is 0 Å². The molecule has 0 heterocycles. The van der Waals surface area contributed by atoms with E-state index in [1.54, 1.807) is 15.6 Å². The predicted octanol–water partition coefficient (Wildman–Crippen LogP) is 8.99. The Morgan fingerprint density at radius 2 is 1.00 bits per heavy atom. The summed E-state index contributed by atoms with van der Waals surface area (Å²) in [6.45, 7) is 33.0. The molecule has 1 unspecified atom stereocenters. The summed E-state index contributed by atoms with van der Waals surface area (Å²) in [6, 6.07) is 0. The molecular formula is C25H48Si4. The van der Waals surface area contributed by atoms with Crippen LogP contribution in [-0.2, 0) is 0 Å². The van der Waals surface area contributed by atoms with Crippen molar-refractivity contribution in [3.8, 4) is 0 Å². The van der Waals surface area contributed by atoms with Crippen LogP contribution in [0.25, 0.3) is 0 Å². The molecule has 164 valence electrons. The van der Waals surface area contributed by atoms with E-state index in [4.69, 9.17) is 0 Å². The molecule has 0 saturated carbocycles. The molecule has 0 saturated heterocycles. The molecule has 0 aliphatic heterocycles. The van der Waals surface area contributed by atoms with Crippen LogP contribution in [0, 0.1) is 0 Å². The minimum Gasteiger partial charge on any atom is -0.0811 e. The van der Waals surface area contributed by atoms with Gasteiger partial charge in [0.1, 0.15) is 0 Å². The second kappa shape index (κ2) is 8.07. The first-order valence-electron chi connectivity index (χ1n) is 11.8. The molecule has 2 rings (SSSR count). The van der Waals surface area contributed by atoms with Gasteiger partial charge in [-0.25, -0.2) is 0 Å². The van der Waals surface area contributed by atoms with Gasteiger partial charge in [-0.2, -0.15) is 0 Å². The fourth-order valence-electron chi connectivity index (χ4n) is 5.93. The maximum Gasteiger partial charge on any atom is 0.0807 e. The van der Waals surface area contributed by atoms with Gasteiger partial charge in [0.05, 0.1) is 32.3 Å². The maximum atomic E-state index is 2.82. The average molecular weight is 461 g/mol. The van der Waals surface area contributed by atoms with Gasteiger partial charge in [0, 0.05) is 0 Å². The Morgan fingerprint density at radius 3 is 1.28 bits per heavy atom. The second-order valence-electron chi connectivity index (χ2n) is 13.3. The summed E-state index contributed by atoms with van der Waals surface area (Å²) in [6.07, 6.45) is 13.5. The zero-order chi connectivity index (χ0) is 22.6. The molecule has 2 aliphatic rings. The van der Waals surface area contributed by atoms with E-state index in [0.29, 0.717) is 11.1 Å². The molecule has 0 aromatic carbocycles. The van der Waals surface area contributed by atoms with Gasteiger partial charge in [-0.15, -0.1) is 0 Å². The first kappa shape index (κ1) is 25.1. The van der Waals surface area contributed by atoms with Gasteiger partial charge in [0.25, 0.3) is 0 Å². The molecule has 1 atom stereocenters. The Balaban J connectivity index is 2.70. The fourth-order valence-corrected chi connectivity index (χ4v) is 19.8. The average Bonchev–Trinajstić information content (AvgIpc) is 3.12. The van der Waals surface area contributed by atoms with Gasteiger partial charge in [-0.05, 0) is 22.2 Å². The zero-order valence-electron chi connectivity index (χ0n) is 21.7. The summed E-state index contributed by atoms with van der Waals surface area (Å²) in [5.74, 6) is 0. The molecule has 0 aromatic heterocycles. The molecule has 0 fully saturated rings. The van der Waals surface area contributed by atoms with E-state index in [9.17, 15) is 0 Å². The third-order valence-electron chi connectivity index (χ3n) is 7.46. The first-order valence-corrected chi connectivity index (χ1v) is 24.6. The third kappa shape index (κ3) is 4.70. The summed E-state index contributed by atoms with van der Waals surface area (Å²) in [5, 5.41) is 5.29. The Kier molecular flexibility index (Phi) is 6.98. The van der Waals surface area contributed by atoms with Crippen LogP contribution in [0.1, 0.15) is 27.7 Å². The molecule has 0 spiro atoms. The van der Waals surface area contributed by atoms with Crippen LogP contribution in [0.5, 0.6) is 0 Å². The van der Waals surface area contributed by atoms with Crippen molar-refractivity contribution >= 4 is 32.3 Å². The van der Waals surface area contributed by atoms with Gasteiger partial charge in [-0.1, -0.05) is 133 Å². The monoisotopic (exact) mass is 460 g/mol. The Labute approximate surface area is 186 Å². The molecule has 4 heteroatoms. The quantitative estimate of drug-likeness (QED) is 0.332. The lowest BCUT2D eigenvalue weighted by molar-refractivity contribution is 0.837. The highest BCUT2D eigenvalue weighted by Crippen LogP contribution is 2.57. The smallest absolute Gasteiger partial charge is 0.0807 e. The van der Waals surface area contributed by atoms with Gasteiger partial charge in [0.2, 0.25) is 0 Å². The van der Waals surface area contributed by atoms with Crippen molar-refractivity contribution in [3.63, 3.8) is 0 Å². The SMILES string of the molecule is CC(C)[Si](C(C)C)(C1C=CC([Si](C)(C)C)=C1)C1C=C([Si](C)(C)C)C([Si](C)(C)C)=C1. The molecule has 0 radical (unpaired) electrons. The molecule has 29 heavy (non-hydrogen) atoms. The van der Waals surface area contributed by atoms with Crippen LogP contribution in [0.15, 0.2) is 46.0 Å². The molecule has 0 amide bonds. The van der Waals surface area contributed by atoms with Gasteiger partial charge < -0.3 is 0 Å². The van der Waals surface area contributed by atoms with E-state index < -0.39 is 32.3 Å². The van der Waals surface area contributed by atoms with E-state index in [1.165, 1.54) is 0 Å². The predicted molar refractivity (Wildman–Crippen MR) is 147 cm³/mol. The van der Waals surface area contributed by atoms with Gasteiger partial charge in [0.15, 0.2) is 0 Å². The van der Waals surface area contributed by atoms with E-state index in [2.05, 4.69) is 117 Å². The maximum absolute atomic E-state index is 2.82. The molecular weight excluding hydrogens is 413 g/mol. The Morgan fingerprint density at radius 1 is 0.586 bits per heavy atom. The van der Waals surface area contributed by atoms with Gasteiger partial charge in [-0.3, -0.25) is 0 Å². The summed E-state index contributed by atoms with van der Waals surface area (Å²) >= 11 is 0. The Bertz CT molecular complexity index is 705. The first-order chi connectivity index (χ1) is 12.9. The number of hydrogen-bond donors (Lipinski definition) is 0. The van der Waals surface area contributed by atoms with E-state index in [1.807, 2.05) is 0 Å². The van der Waals surface area contributed by atoms with E-state index >= 15 is 0 Å². The lowest BCUT2D eigenvalue weighted by Crippen LogP contribution is -2.48. The minimum absolute atomic E-state index is 0.686.